The lowest BCUT2D eigenvalue weighted by atomic mass is 9.92. The highest BCUT2D eigenvalue weighted by Crippen LogP contribution is 2.29. The molecule has 1 aliphatic rings. The Hall–Kier alpha value is -1.08. The third-order valence-electron chi connectivity index (χ3n) is 3.59. The molecule has 0 amide bonds. The molecule has 1 aromatic rings. The van der Waals surface area contributed by atoms with Gasteiger partial charge in [0, 0.05) is 6.04 Å². The van der Waals surface area contributed by atoms with Crippen LogP contribution >= 0.6 is 0 Å². The van der Waals surface area contributed by atoms with Gasteiger partial charge in [0.2, 0.25) is 0 Å². The predicted octanol–water partition coefficient (Wildman–Crippen LogP) is 3.09. The van der Waals surface area contributed by atoms with Gasteiger partial charge in [-0.15, -0.1) is 6.58 Å². The Kier molecular flexibility index (Phi) is 3.45. The third kappa shape index (κ3) is 2.53. The van der Waals surface area contributed by atoms with Crippen LogP contribution in [-0.2, 0) is 12.8 Å². The van der Waals surface area contributed by atoms with Crippen LogP contribution in [0.3, 0.4) is 0 Å². The van der Waals surface area contributed by atoms with E-state index in [0.717, 1.165) is 25.7 Å². The summed E-state index contributed by atoms with van der Waals surface area (Å²) in [7, 11) is 0. The second-order valence-electron chi connectivity index (χ2n) is 5.10. The fraction of sp³-hybridized carbons (Fsp3) is 0.467. The van der Waals surface area contributed by atoms with Gasteiger partial charge in [-0.2, -0.15) is 0 Å². The van der Waals surface area contributed by atoms with Crippen LogP contribution in [0.15, 0.2) is 36.4 Å². The van der Waals surface area contributed by atoms with Crippen molar-refractivity contribution in [3.05, 3.63) is 47.5 Å². The SMILES string of the molecule is C=C(C)CCC(N)C1Cc2ccccc2C1. The molecule has 2 rings (SSSR count). The van der Waals surface area contributed by atoms with Gasteiger partial charge in [0.15, 0.2) is 0 Å². The summed E-state index contributed by atoms with van der Waals surface area (Å²) in [5.74, 6) is 0.636. The Labute approximate surface area is 98.4 Å². The number of hydrogen-bond acceptors (Lipinski definition) is 1. The molecule has 0 aliphatic heterocycles. The highest BCUT2D eigenvalue weighted by molar-refractivity contribution is 5.32. The molecular weight excluding hydrogens is 194 g/mol. The first-order valence-corrected chi connectivity index (χ1v) is 6.13. The molecule has 0 heterocycles. The van der Waals surface area contributed by atoms with Crippen LogP contribution in [-0.4, -0.2) is 6.04 Å². The molecule has 1 heteroatoms. The topological polar surface area (TPSA) is 26.0 Å². The Balaban J connectivity index is 1.93. The lowest BCUT2D eigenvalue weighted by Gasteiger charge is -2.18. The largest absolute Gasteiger partial charge is 0.327 e. The first-order valence-electron chi connectivity index (χ1n) is 6.13. The molecule has 2 N–H and O–H groups in total. The standard InChI is InChI=1S/C15H21N/c1-11(2)7-8-15(16)14-9-12-5-3-4-6-13(12)10-14/h3-6,14-15H,1,7-10,16H2,2H3. The van der Waals surface area contributed by atoms with Crippen molar-refractivity contribution in [3.8, 4) is 0 Å². The summed E-state index contributed by atoms with van der Waals surface area (Å²) in [5, 5.41) is 0. The lowest BCUT2D eigenvalue weighted by Crippen LogP contribution is -2.30. The van der Waals surface area contributed by atoms with E-state index in [9.17, 15) is 0 Å². The molecule has 0 saturated carbocycles. The maximum atomic E-state index is 6.27. The molecule has 1 aliphatic carbocycles. The number of hydrogen-bond donors (Lipinski definition) is 1. The summed E-state index contributed by atoms with van der Waals surface area (Å²) in [6.45, 7) is 6.02. The quantitative estimate of drug-likeness (QED) is 0.767. The van der Waals surface area contributed by atoms with Crippen molar-refractivity contribution in [1.29, 1.82) is 0 Å². The van der Waals surface area contributed by atoms with Gasteiger partial charge in [-0.1, -0.05) is 29.8 Å². The van der Waals surface area contributed by atoms with Gasteiger partial charge in [0.25, 0.3) is 0 Å². The van der Waals surface area contributed by atoms with E-state index < -0.39 is 0 Å². The minimum atomic E-state index is 0.323. The van der Waals surface area contributed by atoms with E-state index in [2.05, 4.69) is 37.8 Å². The second-order valence-corrected chi connectivity index (χ2v) is 5.10. The second kappa shape index (κ2) is 4.84. The van der Waals surface area contributed by atoms with Crippen molar-refractivity contribution in [2.75, 3.05) is 0 Å². The molecule has 0 radical (unpaired) electrons. The molecular formula is C15H21N. The Morgan fingerprint density at radius 1 is 1.38 bits per heavy atom. The minimum Gasteiger partial charge on any atom is -0.327 e. The number of allylic oxidation sites excluding steroid dienone is 1. The maximum absolute atomic E-state index is 6.27. The van der Waals surface area contributed by atoms with Gasteiger partial charge in [0.1, 0.15) is 0 Å². The van der Waals surface area contributed by atoms with Crippen LogP contribution in [0.5, 0.6) is 0 Å². The number of rotatable bonds is 4. The molecule has 1 nitrogen and oxygen atoms in total. The maximum Gasteiger partial charge on any atom is 0.00765 e. The molecule has 0 fully saturated rings. The van der Waals surface area contributed by atoms with Crippen molar-refractivity contribution >= 4 is 0 Å². The number of fused-ring (bicyclic) bond motifs is 1. The van der Waals surface area contributed by atoms with E-state index >= 15 is 0 Å². The molecule has 0 saturated heterocycles. The van der Waals surface area contributed by atoms with E-state index in [-0.39, 0.29) is 0 Å². The summed E-state index contributed by atoms with van der Waals surface area (Å²) in [6, 6.07) is 9.05. The van der Waals surface area contributed by atoms with Crippen molar-refractivity contribution in [1.82, 2.24) is 0 Å². The zero-order valence-electron chi connectivity index (χ0n) is 10.1. The van der Waals surface area contributed by atoms with Gasteiger partial charge < -0.3 is 5.73 Å². The van der Waals surface area contributed by atoms with E-state index in [1.54, 1.807) is 0 Å². The van der Waals surface area contributed by atoms with E-state index in [4.69, 9.17) is 5.73 Å². The molecule has 1 atom stereocenters. The van der Waals surface area contributed by atoms with Crippen LogP contribution in [0.2, 0.25) is 0 Å². The van der Waals surface area contributed by atoms with Gasteiger partial charge in [-0.3, -0.25) is 0 Å². The first kappa shape index (κ1) is 11.4. The van der Waals surface area contributed by atoms with Crippen LogP contribution in [0.4, 0.5) is 0 Å². The predicted molar refractivity (Wildman–Crippen MR) is 69.4 cm³/mol. The fourth-order valence-electron chi connectivity index (χ4n) is 2.54. The molecule has 86 valence electrons. The van der Waals surface area contributed by atoms with Crippen LogP contribution in [0.25, 0.3) is 0 Å². The highest BCUT2D eigenvalue weighted by Gasteiger charge is 2.25. The monoisotopic (exact) mass is 215 g/mol. The van der Waals surface area contributed by atoms with Crippen molar-refractivity contribution in [2.45, 2.75) is 38.6 Å². The number of nitrogens with two attached hydrogens (primary N) is 1. The third-order valence-corrected chi connectivity index (χ3v) is 3.59. The Bertz CT molecular complexity index is 356. The van der Waals surface area contributed by atoms with Gasteiger partial charge in [-0.25, -0.2) is 0 Å². The summed E-state index contributed by atoms with van der Waals surface area (Å²) in [5.41, 5.74) is 10.5. The summed E-state index contributed by atoms with van der Waals surface area (Å²) in [6.07, 6.45) is 4.46. The average Bonchev–Trinajstić information content (AvgIpc) is 2.69. The molecule has 0 bridgehead atoms. The van der Waals surface area contributed by atoms with E-state index in [1.807, 2.05) is 0 Å². The Morgan fingerprint density at radius 2 is 1.94 bits per heavy atom. The summed E-state index contributed by atoms with van der Waals surface area (Å²) < 4.78 is 0. The van der Waals surface area contributed by atoms with Crippen molar-refractivity contribution in [3.63, 3.8) is 0 Å². The first-order chi connectivity index (χ1) is 7.66. The lowest BCUT2D eigenvalue weighted by molar-refractivity contribution is 0.417. The van der Waals surface area contributed by atoms with Gasteiger partial charge >= 0.3 is 0 Å². The number of benzene rings is 1. The van der Waals surface area contributed by atoms with Gasteiger partial charge in [0.05, 0.1) is 0 Å². The van der Waals surface area contributed by atoms with E-state index in [0.29, 0.717) is 12.0 Å². The van der Waals surface area contributed by atoms with Crippen LogP contribution in [0.1, 0.15) is 30.9 Å². The molecule has 16 heavy (non-hydrogen) atoms. The zero-order chi connectivity index (χ0) is 11.5. The molecule has 1 aromatic carbocycles. The van der Waals surface area contributed by atoms with E-state index in [1.165, 1.54) is 16.7 Å². The zero-order valence-corrected chi connectivity index (χ0v) is 10.1. The van der Waals surface area contributed by atoms with Gasteiger partial charge in [-0.05, 0) is 49.7 Å². The molecule has 0 spiro atoms. The summed E-state index contributed by atoms with van der Waals surface area (Å²) in [4.78, 5) is 0. The summed E-state index contributed by atoms with van der Waals surface area (Å²) >= 11 is 0. The Morgan fingerprint density at radius 3 is 2.44 bits per heavy atom. The minimum absolute atomic E-state index is 0.323. The molecule has 1 unspecified atom stereocenters. The molecule has 0 aromatic heterocycles. The van der Waals surface area contributed by atoms with Crippen LogP contribution < -0.4 is 5.73 Å². The van der Waals surface area contributed by atoms with Crippen LogP contribution in [0, 0.1) is 5.92 Å². The van der Waals surface area contributed by atoms with Crippen molar-refractivity contribution < 1.29 is 0 Å². The smallest absolute Gasteiger partial charge is 0.00765 e. The highest BCUT2D eigenvalue weighted by atomic mass is 14.7. The normalized spacial score (nSPS) is 17.1. The van der Waals surface area contributed by atoms with Crippen molar-refractivity contribution in [2.24, 2.45) is 11.7 Å². The fourth-order valence-corrected chi connectivity index (χ4v) is 2.54. The average molecular weight is 215 g/mol.